The average molecular weight is 266 g/mol. The minimum absolute atomic E-state index is 0.198. The Balaban J connectivity index is 2.08. The van der Waals surface area contributed by atoms with Crippen molar-refractivity contribution in [2.75, 3.05) is 5.73 Å². The van der Waals surface area contributed by atoms with Crippen LogP contribution in [0.2, 0.25) is 0 Å². The van der Waals surface area contributed by atoms with E-state index in [9.17, 15) is 0 Å². The van der Waals surface area contributed by atoms with Crippen LogP contribution >= 0.6 is 0 Å². The molecule has 0 saturated heterocycles. The van der Waals surface area contributed by atoms with Gasteiger partial charge in [0.1, 0.15) is 5.52 Å². The molecule has 5 heteroatoms. The maximum atomic E-state index is 5.81. The smallest absolute Gasteiger partial charge is 0.224 e. The van der Waals surface area contributed by atoms with E-state index in [0.717, 1.165) is 22.3 Å². The second-order valence-electron chi connectivity index (χ2n) is 4.59. The Hall–Kier alpha value is -2.69. The van der Waals surface area contributed by atoms with E-state index in [1.165, 1.54) is 0 Å². The fourth-order valence-corrected chi connectivity index (χ4v) is 2.03. The Morgan fingerprint density at radius 1 is 0.950 bits per heavy atom. The maximum absolute atomic E-state index is 5.81. The topological polar surface area (TPSA) is 73.9 Å². The monoisotopic (exact) mass is 266 g/mol. The van der Waals surface area contributed by atoms with Crippen molar-refractivity contribution in [1.82, 2.24) is 15.0 Å². The fourth-order valence-electron chi connectivity index (χ4n) is 2.03. The molecule has 0 radical (unpaired) electrons. The van der Waals surface area contributed by atoms with Crippen LogP contribution in [0.15, 0.2) is 36.4 Å². The zero-order valence-corrected chi connectivity index (χ0v) is 11.3. The van der Waals surface area contributed by atoms with Crippen LogP contribution < -0.4 is 10.5 Å². The molecule has 0 aliphatic rings. The molecule has 1 aromatic carbocycles. The Bertz CT molecular complexity index is 766. The van der Waals surface area contributed by atoms with Gasteiger partial charge in [0, 0.05) is 22.8 Å². The Morgan fingerprint density at radius 2 is 1.80 bits per heavy atom. The average Bonchev–Trinajstić information content (AvgIpc) is 2.38. The van der Waals surface area contributed by atoms with Crippen molar-refractivity contribution in [2.24, 2.45) is 0 Å². The van der Waals surface area contributed by atoms with Gasteiger partial charge in [-0.2, -0.15) is 4.98 Å². The summed E-state index contributed by atoms with van der Waals surface area (Å²) in [6.07, 6.45) is 0. The third-order valence-electron chi connectivity index (χ3n) is 2.88. The van der Waals surface area contributed by atoms with Crippen molar-refractivity contribution >= 4 is 16.9 Å². The Morgan fingerprint density at radius 3 is 2.60 bits per heavy atom. The number of aryl methyl sites for hydroxylation is 2. The van der Waals surface area contributed by atoms with Crippen LogP contribution in [-0.4, -0.2) is 15.0 Å². The van der Waals surface area contributed by atoms with Crippen molar-refractivity contribution in [3.8, 4) is 11.6 Å². The van der Waals surface area contributed by atoms with E-state index < -0.39 is 0 Å². The highest BCUT2D eigenvalue weighted by Gasteiger charge is 2.07. The molecule has 0 amide bonds. The minimum Gasteiger partial charge on any atom is -0.437 e. The van der Waals surface area contributed by atoms with E-state index in [1.807, 2.05) is 44.2 Å². The van der Waals surface area contributed by atoms with Gasteiger partial charge in [-0.05, 0) is 26.0 Å². The lowest BCUT2D eigenvalue weighted by Gasteiger charge is -2.08. The molecule has 0 spiro atoms. The van der Waals surface area contributed by atoms with Gasteiger partial charge in [0.25, 0.3) is 0 Å². The molecule has 2 aromatic heterocycles. The molecule has 5 nitrogen and oxygen atoms in total. The van der Waals surface area contributed by atoms with E-state index in [2.05, 4.69) is 15.0 Å². The molecule has 0 aliphatic heterocycles. The second kappa shape index (κ2) is 4.77. The molecule has 0 fully saturated rings. The summed E-state index contributed by atoms with van der Waals surface area (Å²) in [6, 6.07) is 11.5. The number of ether oxygens (including phenoxy) is 1. The van der Waals surface area contributed by atoms with Crippen molar-refractivity contribution in [1.29, 1.82) is 0 Å². The number of hydrogen-bond donors (Lipinski definition) is 1. The SMILES string of the molecule is Cc1cc(Oc2cccc3ccc(C)nc23)nc(N)n1. The standard InChI is InChI=1S/C15H14N4O/c1-9-6-7-11-4-3-5-12(14(11)17-9)20-13-8-10(2)18-15(16)19-13/h3-8H,1-2H3,(H2,16,18,19). The number of benzene rings is 1. The van der Waals surface area contributed by atoms with E-state index in [4.69, 9.17) is 10.5 Å². The normalized spacial score (nSPS) is 10.7. The quantitative estimate of drug-likeness (QED) is 0.771. The molecule has 3 aromatic rings. The number of nitrogens with two attached hydrogens (primary N) is 1. The number of para-hydroxylation sites is 1. The van der Waals surface area contributed by atoms with Crippen LogP contribution in [0.5, 0.6) is 11.6 Å². The van der Waals surface area contributed by atoms with Crippen LogP contribution in [0.4, 0.5) is 5.95 Å². The van der Waals surface area contributed by atoms with Crippen LogP contribution in [0, 0.1) is 13.8 Å². The summed E-state index contributed by atoms with van der Waals surface area (Å²) in [4.78, 5) is 12.6. The zero-order valence-electron chi connectivity index (χ0n) is 11.3. The predicted octanol–water partition coefficient (Wildman–Crippen LogP) is 3.02. The van der Waals surface area contributed by atoms with Crippen LogP contribution in [-0.2, 0) is 0 Å². The van der Waals surface area contributed by atoms with E-state index >= 15 is 0 Å². The highest BCUT2D eigenvalue weighted by atomic mass is 16.5. The molecular weight excluding hydrogens is 252 g/mol. The molecular formula is C15H14N4O. The number of pyridine rings is 1. The summed E-state index contributed by atoms with van der Waals surface area (Å²) in [5, 5.41) is 1.02. The largest absolute Gasteiger partial charge is 0.437 e. The van der Waals surface area contributed by atoms with Crippen molar-refractivity contribution in [2.45, 2.75) is 13.8 Å². The van der Waals surface area contributed by atoms with Crippen LogP contribution in [0.3, 0.4) is 0 Å². The number of rotatable bonds is 2. The second-order valence-corrected chi connectivity index (χ2v) is 4.59. The summed E-state index contributed by atoms with van der Waals surface area (Å²) in [6.45, 7) is 3.79. The molecule has 0 aliphatic carbocycles. The first kappa shape index (κ1) is 12.3. The maximum Gasteiger partial charge on any atom is 0.224 e. The van der Waals surface area contributed by atoms with E-state index in [1.54, 1.807) is 6.07 Å². The summed E-state index contributed by atoms with van der Waals surface area (Å²) in [7, 11) is 0. The van der Waals surface area contributed by atoms with Gasteiger partial charge in [-0.1, -0.05) is 18.2 Å². The van der Waals surface area contributed by atoms with Gasteiger partial charge in [-0.3, -0.25) is 0 Å². The molecule has 2 N–H and O–H groups in total. The van der Waals surface area contributed by atoms with Crippen LogP contribution in [0.25, 0.3) is 10.9 Å². The Kier molecular flexibility index (Phi) is 2.95. The molecule has 100 valence electrons. The fraction of sp³-hybridized carbons (Fsp3) is 0.133. The molecule has 20 heavy (non-hydrogen) atoms. The van der Waals surface area contributed by atoms with Gasteiger partial charge in [-0.25, -0.2) is 9.97 Å². The van der Waals surface area contributed by atoms with E-state index in [-0.39, 0.29) is 5.95 Å². The number of hydrogen-bond acceptors (Lipinski definition) is 5. The lowest BCUT2D eigenvalue weighted by atomic mass is 10.2. The van der Waals surface area contributed by atoms with Gasteiger partial charge in [-0.15, -0.1) is 0 Å². The number of fused-ring (bicyclic) bond motifs is 1. The number of anilines is 1. The third-order valence-corrected chi connectivity index (χ3v) is 2.88. The van der Waals surface area contributed by atoms with Gasteiger partial charge in [0.15, 0.2) is 5.75 Å². The van der Waals surface area contributed by atoms with Crippen LogP contribution in [0.1, 0.15) is 11.4 Å². The van der Waals surface area contributed by atoms with Gasteiger partial charge in [0.05, 0.1) is 0 Å². The van der Waals surface area contributed by atoms with Gasteiger partial charge in [0.2, 0.25) is 11.8 Å². The van der Waals surface area contributed by atoms with Crippen molar-refractivity contribution in [3.05, 3.63) is 47.8 Å². The third kappa shape index (κ3) is 2.38. The molecule has 0 unspecified atom stereocenters. The lowest BCUT2D eigenvalue weighted by molar-refractivity contribution is 0.466. The molecule has 3 rings (SSSR count). The molecule has 0 bridgehead atoms. The van der Waals surface area contributed by atoms with Crippen molar-refractivity contribution < 1.29 is 4.74 Å². The predicted molar refractivity (Wildman–Crippen MR) is 77.7 cm³/mol. The number of nitrogen functional groups attached to an aromatic ring is 1. The molecule has 0 saturated carbocycles. The number of nitrogens with zero attached hydrogens (tertiary/aromatic N) is 3. The zero-order chi connectivity index (χ0) is 14.1. The summed E-state index contributed by atoms with van der Waals surface area (Å²) in [5.74, 6) is 1.28. The minimum atomic E-state index is 0.198. The number of aromatic nitrogens is 3. The summed E-state index contributed by atoms with van der Waals surface area (Å²) < 4.78 is 5.81. The van der Waals surface area contributed by atoms with E-state index in [0.29, 0.717) is 11.6 Å². The first-order valence-corrected chi connectivity index (χ1v) is 6.27. The van der Waals surface area contributed by atoms with Crippen molar-refractivity contribution in [3.63, 3.8) is 0 Å². The van der Waals surface area contributed by atoms with Gasteiger partial charge >= 0.3 is 0 Å². The summed E-state index contributed by atoms with van der Waals surface area (Å²) >= 11 is 0. The molecule has 2 heterocycles. The molecule has 0 atom stereocenters. The first-order chi connectivity index (χ1) is 9.61. The Labute approximate surface area is 116 Å². The van der Waals surface area contributed by atoms with Gasteiger partial charge < -0.3 is 10.5 Å². The first-order valence-electron chi connectivity index (χ1n) is 6.27. The lowest BCUT2D eigenvalue weighted by Crippen LogP contribution is -1.99. The summed E-state index contributed by atoms with van der Waals surface area (Å²) in [5.41, 5.74) is 8.14. The highest BCUT2D eigenvalue weighted by Crippen LogP contribution is 2.28. The highest BCUT2D eigenvalue weighted by molar-refractivity contribution is 5.84.